The maximum absolute atomic E-state index is 11.9. The Morgan fingerprint density at radius 3 is 2.41 bits per heavy atom. The Hall–Kier alpha value is -1.49. The molecule has 0 bridgehead atoms. The van der Waals surface area contributed by atoms with E-state index in [1.807, 2.05) is 0 Å². The molecule has 1 saturated heterocycles. The lowest BCUT2D eigenvalue weighted by molar-refractivity contribution is -0.144. The number of ether oxygens (including phenoxy) is 1. The molecular formula is C12H15F2NO2. The first-order chi connectivity index (χ1) is 8.13. The molecule has 2 rings (SSSR count). The van der Waals surface area contributed by atoms with Crippen LogP contribution in [0.3, 0.4) is 0 Å². The Bertz CT molecular complexity index is 348. The van der Waals surface area contributed by atoms with E-state index in [2.05, 4.69) is 10.1 Å². The van der Waals surface area contributed by atoms with Gasteiger partial charge in [0.05, 0.1) is 13.0 Å². The molecule has 1 aromatic rings. The highest BCUT2D eigenvalue weighted by Gasteiger charge is 2.22. The third kappa shape index (κ3) is 4.91. The second kappa shape index (κ2) is 6.96. The molecule has 94 valence electrons. The van der Waals surface area contributed by atoms with Crippen LogP contribution in [0.1, 0.15) is 6.42 Å². The Kier molecular flexibility index (Phi) is 5.56. The number of hydrogen-bond acceptors (Lipinski definition) is 3. The van der Waals surface area contributed by atoms with E-state index < -0.39 is 11.6 Å². The van der Waals surface area contributed by atoms with Gasteiger partial charge in [-0.2, -0.15) is 0 Å². The molecule has 1 aliphatic heterocycles. The van der Waals surface area contributed by atoms with Crippen molar-refractivity contribution in [3.63, 3.8) is 0 Å². The van der Waals surface area contributed by atoms with Gasteiger partial charge in [0, 0.05) is 12.6 Å². The minimum Gasteiger partial charge on any atom is -0.469 e. The van der Waals surface area contributed by atoms with Crippen molar-refractivity contribution < 1.29 is 18.3 Å². The van der Waals surface area contributed by atoms with E-state index in [4.69, 9.17) is 0 Å². The van der Waals surface area contributed by atoms with E-state index in [0.29, 0.717) is 0 Å². The molecule has 0 radical (unpaired) electrons. The van der Waals surface area contributed by atoms with Crippen LogP contribution >= 0.6 is 0 Å². The number of nitrogens with one attached hydrogen (secondary N) is 1. The Labute approximate surface area is 98.8 Å². The minimum atomic E-state index is -0.537. The van der Waals surface area contributed by atoms with Crippen LogP contribution in [0.25, 0.3) is 0 Å². The summed E-state index contributed by atoms with van der Waals surface area (Å²) in [7, 11) is 1.43. The van der Waals surface area contributed by atoms with Crippen molar-refractivity contribution in [1.29, 1.82) is 0 Å². The molecule has 0 spiro atoms. The fraction of sp³-hybridized carbons (Fsp3) is 0.417. The molecule has 0 amide bonds. The summed E-state index contributed by atoms with van der Waals surface area (Å²) in [6.45, 7) is 1.73. The van der Waals surface area contributed by atoms with Crippen LogP contribution in [-0.4, -0.2) is 26.2 Å². The summed E-state index contributed by atoms with van der Waals surface area (Å²) in [6, 6.07) is 4.55. The summed E-state index contributed by atoms with van der Waals surface area (Å²) in [5.41, 5.74) is 0. The van der Waals surface area contributed by atoms with Gasteiger partial charge in [-0.05, 0) is 25.1 Å². The van der Waals surface area contributed by atoms with E-state index in [9.17, 15) is 13.6 Å². The van der Waals surface area contributed by atoms with Crippen LogP contribution in [0, 0.1) is 17.6 Å². The van der Waals surface area contributed by atoms with Gasteiger partial charge in [-0.15, -0.1) is 0 Å². The summed E-state index contributed by atoms with van der Waals surface area (Å²) < 4.78 is 28.4. The molecule has 1 aliphatic rings. The maximum atomic E-state index is 11.9. The third-order valence-corrected chi connectivity index (χ3v) is 2.38. The summed E-state index contributed by atoms with van der Waals surface area (Å²) in [6.07, 6.45) is 0.923. The SMILES string of the molecule is COC(=O)C1CCNC1.Fc1cccc(F)c1. The lowest BCUT2D eigenvalue weighted by Gasteiger charge is -2.02. The zero-order chi connectivity index (χ0) is 12.7. The second-order valence-electron chi connectivity index (χ2n) is 3.65. The Balaban J connectivity index is 0.000000171. The van der Waals surface area contributed by atoms with Gasteiger partial charge in [0.1, 0.15) is 11.6 Å². The largest absolute Gasteiger partial charge is 0.469 e. The lowest BCUT2D eigenvalue weighted by Crippen LogP contribution is -2.18. The van der Waals surface area contributed by atoms with Crippen LogP contribution in [0.2, 0.25) is 0 Å². The average molecular weight is 243 g/mol. The highest BCUT2D eigenvalue weighted by atomic mass is 19.1. The number of carbonyl (C=O) groups is 1. The van der Waals surface area contributed by atoms with Crippen molar-refractivity contribution in [1.82, 2.24) is 5.32 Å². The average Bonchev–Trinajstić information content (AvgIpc) is 2.82. The van der Waals surface area contributed by atoms with Crippen molar-refractivity contribution in [3.8, 4) is 0 Å². The number of esters is 1. The van der Waals surface area contributed by atoms with Crippen LogP contribution < -0.4 is 5.32 Å². The van der Waals surface area contributed by atoms with E-state index >= 15 is 0 Å². The van der Waals surface area contributed by atoms with Crippen LogP contribution in [0.4, 0.5) is 8.78 Å². The fourth-order valence-electron chi connectivity index (χ4n) is 1.48. The number of methoxy groups -OCH3 is 1. The molecule has 1 unspecified atom stereocenters. The van der Waals surface area contributed by atoms with Gasteiger partial charge >= 0.3 is 5.97 Å². The first-order valence-electron chi connectivity index (χ1n) is 5.33. The van der Waals surface area contributed by atoms with Gasteiger partial charge in [-0.3, -0.25) is 4.79 Å². The number of rotatable bonds is 1. The summed E-state index contributed by atoms with van der Waals surface area (Å²) >= 11 is 0. The van der Waals surface area contributed by atoms with Crippen LogP contribution in [0.5, 0.6) is 0 Å². The molecule has 17 heavy (non-hydrogen) atoms. The first kappa shape index (κ1) is 13.6. The van der Waals surface area contributed by atoms with Gasteiger partial charge in [0.2, 0.25) is 0 Å². The van der Waals surface area contributed by atoms with Crippen molar-refractivity contribution in [2.75, 3.05) is 20.2 Å². The number of halogens is 2. The molecule has 1 aromatic carbocycles. The standard InChI is InChI=1S/C6H4F2.C6H11NO2/c7-5-2-1-3-6(8)4-5;1-9-6(8)5-2-3-7-4-5/h1-4H;5,7H,2-4H2,1H3. The number of hydrogen-bond donors (Lipinski definition) is 1. The highest BCUT2D eigenvalue weighted by molar-refractivity contribution is 5.72. The molecule has 1 atom stereocenters. The van der Waals surface area contributed by atoms with Crippen LogP contribution in [0.15, 0.2) is 24.3 Å². The normalized spacial score (nSPS) is 18.2. The summed E-state index contributed by atoms with van der Waals surface area (Å²) in [4.78, 5) is 10.8. The maximum Gasteiger partial charge on any atom is 0.309 e. The fourth-order valence-corrected chi connectivity index (χ4v) is 1.48. The molecule has 1 heterocycles. The number of carbonyl (C=O) groups excluding carboxylic acids is 1. The summed E-state index contributed by atoms with van der Waals surface area (Å²) in [5.74, 6) is -1.05. The van der Waals surface area contributed by atoms with Crippen molar-refractivity contribution in [3.05, 3.63) is 35.9 Å². The first-order valence-corrected chi connectivity index (χ1v) is 5.33. The second-order valence-corrected chi connectivity index (χ2v) is 3.65. The molecular weight excluding hydrogens is 228 g/mol. The topological polar surface area (TPSA) is 38.3 Å². The van der Waals surface area contributed by atoms with E-state index in [0.717, 1.165) is 25.6 Å². The smallest absolute Gasteiger partial charge is 0.309 e. The molecule has 0 saturated carbocycles. The van der Waals surface area contributed by atoms with Gasteiger partial charge in [-0.25, -0.2) is 8.78 Å². The molecule has 0 aliphatic carbocycles. The van der Waals surface area contributed by atoms with Gasteiger partial charge in [0.25, 0.3) is 0 Å². The Morgan fingerprint density at radius 1 is 1.41 bits per heavy atom. The molecule has 0 aromatic heterocycles. The highest BCUT2D eigenvalue weighted by Crippen LogP contribution is 2.07. The number of benzene rings is 1. The Morgan fingerprint density at radius 2 is 2.06 bits per heavy atom. The van der Waals surface area contributed by atoms with Crippen molar-refractivity contribution in [2.45, 2.75) is 6.42 Å². The lowest BCUT2D eigenvalue weighted by atomic mass is 10.1. The quantitative estimate of drug-likeness (QED) is 0.763. The zero-order valence-electron chi connectivity index (χ0n) is 9.58. The molecule has 1 N–H and O–H groups in total. The molecule has 1 fully saturated rings. The van der Waals surface area contributed by atoms with Gasteiger partial charge in [0.15, 0.2) is 0 Å². The monoisotopic (exact) mass is 243 g/mol. The minimum absolute atomic E-state index is 0.0833. The van der Waals surface area contributed by atoms with Crippen molar-refractivity contribution in [2.24, 2.45) is 5.92 Å². The summed E-state index contributed by atoms with van der Waals surface area (Å²) in [5, 5.41) is 3.09. The van der Waals surface area contributed by atoms with Crippen LogP contribution in [-0.2, 0) is 9.53 Å². The van der Waals surface area contributed by atoms with E-state index in [1.54, 1.807) is 0 Å². The zero-order valence-corrected chi connectivity index (χ0v) is 9.58. The van der Waals surface area contributed by atoms with E-state index in [1.165, 1.54) is 25.3 Å². The van der Waals surface area contributed by atoms with Crippen molar-refractivity contribution >= 4 is 5.97 Å². The predicted molar refractivity (Wildman–Crippen MR) is 59.4 cm³/mol. The predicted octanol–water partition coefficient (Wildman–Crippen LogP) is 1.73. The third-order valence-electron chi connectivity index (χ3n) is 2.38. The molecule has 5 heteroatoms. The van der Waals surface area contributed by atoms with E-state index in [-0.39, 0.29) is 11.9 Å². The van der Waals surface area contributed by atoms with Gasteiger partial charge in [-0.1, -0.05) is 6.07 Å². The molecule has 3 nitrogen and oxygen atoms in total. The van der Waals surface area contributed by atoms with Gasteiger partial charge < -0.3 is 10.1 Å².